The number of nitrogens with one attached hydrogen (secondary N) is 1. The smallest absolute Gasteiger partial charge is 0.417 e. The average molecular weight is 353 g/mol. The summed E-state index contributed by atoms with van der Waals surface area (Å²) in [4.78, 5) is 10.7. The predicted octanol–water partition coefficient (Wildman–Crippen LogP) is 2.57. The molecule has 1 aromatic rings. The van der Waals surface area contributed by atoms with E-state index in [0.29, 0.717) is 6.07 Å². The van der Waals surface area contributed by atoms with E-state index in [2.05, 4.69) is 4.74 Å². The highest BCUT2D eigenvalue weighted by atomic mass is 32.2. The minimum Gasteiger partial charge on any atom is -0.468 e. The van der Waals surface area contributed by atoms with Gasteiger partial charge in [0.2, 0.25) is 10.0 Å². The number of hydrogen-bond acceptors (Lipinski definition) is 4. The fourth-order valence-electron chi connectivity index (χ4n) is 1.99. The lowest BCUT2D eigenvalue weighted by Gasteiger charge is -2.20. The van der Waals surface area contributed by atoms with Crippen LogP contribution in [0.5, 0.6) is 0 Å². The number of halogens is 3. The molecule has 0 saturated heterocycles. The topological polar surface area (TPSA) is 72.5 Å². The Morgan fingerprint density at radius 1 is 1.26 bits per heavy atom. The summed E-state index contributed by atoms with van der Waals surface area (Å²) in [5.41, 5.74) is -1.29. The molecule has 0 aliphatic carbocycles. The first kappa shape index (κ1) is 19.4. The van der Waals surface area contributed by atoms with E-state index in [0.717, 1.165) is 19.2 Å². The third-order valence-electron chi connectivity index (χ3n) is 2.97. The summed E-state index contributed by atoms with van der Waals surface area (Å²) in [6.07, 6.45) is -4.73. The van der Waals surface area contributed by atoms with Gasteiger partial charge in [0, 0.05) is 0 Å². The normalized spacial score (nSPS) is 13.9. The molecule has 9 heteroatoms. The molecule has 130 valence electrons. The van der Waals surface area contributed by atoms with Gasteiger partial charge in [-0.3, -0.25) is 4.79 Å². The molecule has 1 atom stereocenters. The Morgan fingerprint density at radius 2 is 1.83 bits per heavy atom. The summed E-state index contributed by atoms with van der Waals surface area (Å²) in [5, 5.41) is 0. The van der Waals surface area contributed by atoms with Crippen molar-refractivity contribution in [1.82, 2.24) is 4.72 Å². The molecule has 0 spiro atoms. The van der Waals surface area contributed by atoms with E-state index in [1.807, 2.05) is 4.72 Å². The SMILES string of the molecule is COC(=O)C(CC(C)C)NS(=O)(=O)c1ccccc1C(F)(F)F. The zero-order chi connectivity index (χ0) is 17.8. The van der Waals surface area contributed by atoms with E-state index in [1.165, 1.54) is 6.07 Å². The molecule has 0 radical (unpaired) electrons. The highest BCUT2D eigenvalue weighted by Gasteiger charge is 2.38. The van der Waals surface area contributed by atoms with Crippen molar-refractivity contribution in [3.8, 4) is 0 Å². The molecule has 1 unspecified atom stereocenters. The number of ether oxygens (including phenoxy) is 1. The second-order valence-electron chi connectivity index (χ2n) is 5.32. The summed E-state index contributed by atoms with van der Waals surface area (Å²) in [7, 11) is -3.47. The number of alkyl halides is 3. The van der Waals surface area contributed by atoms with E-state index < -0.39 is 38.7 Å². The van der Waals surface area contributed by atoms with Crippen LogP contribution in [0.25, 0.3) is 0 Å². The molecule has 23 heavy (non-hydrogen) atoms. The first-order valence-electron chi connectivity index (χ1n) is 6.75. The van der Waals surface area contributed by atoms with Gasteiger partial charge in [-0.25, -0.2) is 8.42 Å². The molecule has 0 aliphatic rings. The molecule has 0 bridgehead atoms. The van der Waals surface area contributed by atoms with E-state index in [4.69, 9.17) is 0 Å². The maximum atomic E-state index is 13.0. The van der Waals surface area contributed by atoms with Crippen LogP contribution in [0.15, 0.2) is 29.2 Å². The van der Waals surface area contributed by atoms with Crippen molar-refractivity contribution in [2.75, 3.05) is 7.11 Å². The Kier molecular flexibility index (Phi) is 6.18. The Bertz CT molecular complexity index is 656. The van der Waals surface area contributed by atoms with Gasteiger partial charge in [0.25, 0.3) is 0 Å². The maximum Gasteiger partial charge on any atom is 0.417 e. The second-order valence-corrected chi connectivity index (χ2v) is 7.00. The van der Waals surface area contributed by atoms with Crippen LogP contribution in [0.1, 0.15) is 25.8 Å². The molecule has 1 N–H and O–H groups in total. The van der Waals surface area contributed by atoms with Crippen LogP contribution in [-0.2, 0) is 25.7 Å². The van der Waals surface area contributed by atoms with E-state index in [-0.39, 0.29) is 12.3 Å². The fraction of sp³-hybridized carbons (Fsp3) is 0.500. The van der Waals surface area contributed by atoms with Gasteiger partial charge in [-0.15, -0.1) is 0 Å². The third kappa shape index (κ3) is 5.21. The van der Waals surface area contributed by atoms with Crippen LogP contribution in [0.4, 0.5) is 13.2 Å². The molecule has 0 heterocycles. The maximum absolute atomic E-state index is 13.0. The van der Waals surface area contributed by atoms with Crippen molar-refractivity contribution in [1.29, 1.82) is 0 Å². The van der Waals surface area contributed by atoms with Crippen molar-refractivity contribution in [3.63, 3.8) is 0 Å². The largest absolute Gasteiger partial charge is 0.468 e. The van der Waals surface area contributed by atoms with Crippen LogP contribution < -0.4 is 4.72 Å². The van der Waals surface area contributed by atoms with Crippen LogP contribution in [0.2, 0.25) is 0 Å². The van der Waals surface area contributed by atoms with Crippen molar-refractivity contribution in [2.24, 2.45) is 5.92 Å². The highest BCUT2D eigenvalue weighted by Crippen LogP contribution is 2.34. The molecule has 0 aromatic heterocycles. The summed E-state index contributed by atoms with van der Waals surface area (Å²) < 4.78 is 70.0. The number of hydrogen-bond donors (Lipinski definition) is 1. The van der Waals surface area contributed by atoms with Gasteiger partial charge in [-0.05, 0) is 24.5 Å². The standard InChI is InChI=1S/C14H18F3NO4S/c1-9(2)8-11(13(19)22-3)18-23(20,21)12-7-5-4-6-10(12)14(15,16)17/h4-7,9,11,18H,8H2,1-3H3. The minimum atomic E-state index is -4.83. The molecular formula is C14H18F3NO4S. The Labute approximate surface area is 132 Å². The second kappa shape index (κ2) is 7.31. The zero-order valence-electron chi connectivity index (χ0n) is 12.8. The van der Waals surface area contributed by atoms with Crippen LogP contribution in [0, 0.1) is 5.92 Å². The molecular weight excluding hydrogens is 335 g/mol. The summed E-state index contributed by atoms with van der Waals surface area (Å²) >= 11 is 0. The number of carbonyl (C=O) groups excluding carboxylic acids is 1. The Hall–Kier alpha value is -1.61. The molecule has 0 amide bonds. The molecule has 0 aliphatic heterocycles. The molecule has 0 fully saturated rings. The first-order valence-corrected chi connectivity index (χ1v) is 8.23. The minimum absolute atomic E-state index is 0.0698. The van der Waals surface area contributed by atoms with Gasteiger partial charge < -0.3 is 4.74 Å². The average Bonchev–Trinajstić information content (AvgIpc) is 2.44. The predicted molar refractivity (Wildman–Crippen MR) is 77.0 cm³/mol. The summed E-state index contributed by atoms with van der Waals surface area (Å²) in [5.74, 6) is -0.925. The fourth-order valence-corrected chi connectivity index (χ4v) is 3.42. The van der Waals surface area contributed by atoms with Crippen molar-refractivity contribution in [3.05, 3.63) is 29.8 Å². The lowest BCUT2D eigenvalue weighted by molar-refractivity contribution is -0.143. The van der Waals surface area contributed by atoms with Crippen molar-refractivity contribution in [2.45, 2.75) is 37.4 Å². The number of sulfonamides is 1. The third-order valence-corrected chi connectivity index (χ3v) is 4.50. The van der Waals surface area contributed by atoms with Gasteiger partial charge in [0.05, 0.1) is 17.6 Å². The van der Waals surface area contributed by atoms with Gasteiger partial charge in [0.1, 0.15) is 6.04 Å². The van der Waals surface area contributed by atoms with Gasteiger partial charge in [0.15, 0.2) is 0 Å². The summed E-state index contributed by atoms with van der Waals surface area (Å²) in [6.45, 7) is 3.49. The van der Waals surface area contributed by atoms with E-state index in [9.17, 15) is 26.4 Å². The number of carbonyl (C=O) groups is 1. The molecule has 1 rings (SSSR count). The van der Waals surface area contributed by atoms with Crippen molar-refractivity contribution >= 4 is 16.0 Å². The Balaban J connectivity index is 3.24. The van der Waals surface area contributed by atoms with Gasteiger partial charge in [-0.2, -0.15) is 17.9 Å². The van der Waals surface area contributed by atoms with E-state index >= 15 is 0 Å². The number of benzene rings is 1. The number of methoxy groups -OCH3 is 1. The Morgan fingerprint density at radius 3 is 2.30 bits per heavy atom. The lowest BCUT2D eigenvalue weighted by Crippen LogP contribution is -2.42. The molecule has 1 aromatic carbocycles. The molecule has 5 nitrogen and oxygen atoms in total. The monoisotopic (exact) mass is 353 g/mol. The number of esters is 1. The van der Waals surface area contributed by atoms with Crippen LogP contribution in [0.3, 0.4) is 0 Å². The zero-order valence-corrected chi connectivity index (χ0v) is 13.7. The lowest BCUT2D eigenvalue weighted by atomic mass is 10.1. The van der Waals surface area contributed by atoms with Crippen LogP contribution in [-0.4, -0.2) is 27.5 Å². The number of rotatable bonds is 6. The van der Waals surface area contributed by atoms with Gasteiger partial charge in [-0.1, -0.05) is 26.0 Å². The summed E-state index contributed by atoms with van der Waals surface area (Å²) in [6, 6.07) is 2.53. The van der Waals surface area contributed by atoms with E-state index in [1.54, 1.807) is 13.8 Å². The van der Waals surface area contributed by atoms with Crippen molar-refractivity contribution < 1.29 is 31.1 Å². The quantitative estimate of drug-likeness (QED) is 0.798. The highest BCUT2D eigenvalue weighted by molar-refractivity contribution is 7.89. The first-order chi connectivity index (χ1) is 10.5. The van der Waals surface area contributed by atoms with Gasteiger partial charge >= 0.3 is 12.1 Å². The molecule has 0 saturated carbocycles. The van der Waals surface area contributed by atoms with Crippen LogP contribution >= 0.6 is 0 Å².